The number of hydrogen-bond donors (Lipinski definition) is 2. The summed E-state index contributed by atoms with van der Waals surface area (Å²) in [5, 5.41) is 12.1. The molecule has 1 unspecified atom stereocenters. The maximum absolute atomic E-state index is 12.9. The van der Waals surface area contributed by atoms with Crippen LogP contribution in [0.15, 0.2) is 76.5 Å². The van der Waals surface area contributed by atoms with E-state index in [1.165, 1.54) is 6.07 Å². The molecule has 3 aromatic carbocycles. The van der Waals surface area contributed by atoms with Crippen LogP contribution in [-0.4, -0.2) is 34.2 Å². The normalized spacial score (nSPS) is 13.7. The zero-order chi connectivity index (χ0) is 21.2. The van der Waals surface area contributed by atoms with Gasteiger partial charge < -0.3 is 5.11 Å². The monoisotopic (exact) mass is 441 g/mol. The molecule has 0 radical (unpaired) electrons. The summed E-state index contributed by atoms with van der Waals surface area (Å²) in [6, 6.07) is 16.5. The smallest absolute Gasteiger partial charge is 0.341 e. The standard InChI is InChI=1S/C19H17F2NO5S2/c20-19(21)28(24,25)17-10-3-4-11-18(17)29(26,27)22-12-16(23)15-9-5-7-13-6-1-2-8-14(13)15/h1-11,16,19,22-23H,12H2. The number of halogens is 2. The van der Waals surface area contributed by atoms with Crippen LogP contribution >= 0.6 is 0 Å². The summed E-state index contributed by atoms with van der Waals surface area (Å²) >= 11 is 0. The first-order valence-electron chi connectivity index (χ1n) is 8.41. The van der Waals surface area contributed by atoms with E-state index in [0.29, 0.717) is 5.56 Å². The Morgan fingerprint density at radius 3 is 2.10 bits per heavy atom. The fourth-order valence-corrected chi connectivity index (χ4v) is 5.53. The van der Waals surface area contributed by atoms with Crippen LogP contribution in [0.2, 0.25) is 0 Å². The average molecular weight is 441 g/mol. The van der Waals surface area contributed by atoms with E-state index in [2.05, 4.69) is 4.72 Å². The van der Waals surface area contributed by atoms with Crippen molar-refractivity contribution in [3.05, 3.63) is 72.3 Å². The van der Waals surface area contributed by atoms with Crippen molar-refractivity contribution in [1.29, 1.82) is 0 Å². The minimum atomic E-state index is -5.13. The Morgan fingerprint density at radius 2 is 1.41 bits per heavy atom. The van der Waals surface area contributed by atoms with E-state index >= 15 is 0 Å². The molecule has 3 rings (SSSR count). The lowest BCUT2D eigenvalue weighted by Crippen LogP contribution is -2.30. The van der Waals surface area contributed by atoms with Gasteiger partial charge >= 0.3 is 5.76 Å². The number of aliphatic hydroxyl groups is 1. The van der Waals surface area contributed by atoms with Crippen molar-refractivity contribution in [3.63, 3.8) is 0 Å². The molecule has 0 saturated heterocycles. The number of nitrogens with one attached hydrogen (secondary N) is 1. The molecule has 0 aliphatic carbocycles. The Labute approximate surface area is 166 Å². The predicted molar refractivity (Wildman–Crippen MR) is 104 cm³/mol. The molecular formula is C19H17F2NO5S2. The summed E-state index contributed by atoms with van der Waals surface area (Å²) < 4.78 is 76.7. The van der Waals surface area contributed by atoms with Crippen molar-refractivity contribution in [2.24, 2.45) is 0 Å². The van der Waals surface area contributed by atoms with Crippen molar-refractivity contribution in [1.82, 2.24) is 4.72 Å². The van der Waals surface area contributed by atoms with Gasteiger partial charge in [0.25, 0.3) is 0 Å². The Balaban J connectivity index is 1.90. The zero-order valence-corrected chi connectivity index (χ0v) is 16.5. The van der Waals surface area contributed by atoms with Gasteiger partial charge in [-0.3, -0.25) is 0 Å². The van der Waals surface area contributed by atoms with E-state index in [9.17, 15) is 30.7 Å². The molecule has 0 aliphatic heterocycles. The lowest BCUT2D eigenvalue weighted by Gasteiger charge is -2.16. The molecule has 29 heavy (non-hydrogen) atoms. The molecule has 6 nitrogen and oxygen atoms in total. The number of aliphatic hydroxyl groups excluding tert-OH is 1. The van der Waals surface area contributed by atoms with Crippen LogP contribution in [0.4, 0.5) is 8.78 Å². The molecule has 154 valence electrons. The zero-order valence-electron chi connectivity index (χ0n) is 14.9. The molecule has 0 bridgehead atoms. The minimum Gasteiger partial charge on any atom is -0.387 e. The third kappa shape index (κ3) is 4.30. The summed E-state index contributed by atoms with van der Waals surface area (Å²) in [6.07, 6.45) is -1.24. The molecule has 0 amide bonds. The number of alkyl halides is 2. The van der Waals surface area contributed by atoms with Crippen molar-refractivity contribution >= 4 is 30.6 Å². The summed E-state index contributed by atoms with van der Waals surface area (Å²) in [5.74, 6) is -3.76. The van der Waals surface area contributed by atoms with Gasteiger partial charge in [0, 0.05) is 6.54 Å². The van der Waals surface area contributed by atoms with Crippen LogP contribution in [0.5, 0.6) is 0 Å². The van der Waals surface area contributed by atoms with Gasteiger partial charge in [-0.25, -0.2) is 21.6 Å². The van der Waals surface area contributed by atoms with Crippen LogP contribution in [0.25, 0.3) is 10.8 Å². The van der Waals surface area contributed by atoms with Crippen LogP contribution in [-0.2, 0) is 19.9 Å². The van der Waals surface area contributed by atoms with Crippen LogP contribution in [0.3, 0.4) is 0 Å². The number of sulfone groups is 1. The Morgan fingerprint density at radius 1 is 0.828 bits per heavy atom. The predicted octanol–water partition coefficient (Wildman–Crippen LogP) is 2.85. The van der Waals surface area contributed by atoms with E-state index in [-0.39, 0.29) is 0 Å². The number of rotatable bonds is 7. The molecule has 0 aromatic heterocycles. The van der Waals surface area contributed by atoms with Crippen molar-refractivity contribution < 1.29 is 30.7 Å². The maximum Gasteiger partial charge on any atom is 0.341 e. The summed E-state index contributed by atoms with van der Waals surface area (Å²) in [6.45, 7) is -0.473. The largest absolute Gasteiger partial charge is 0.387 e. The first-order valence-corrected chi connectivity index (χ1v) is 11.4. The molecule has 1 atom stereocenters. The average Bonchev–Trinajstić information content (AvgIpc) is 2.71. The Kier molecular flexibility index (Phi) is 5.99. The fraction of sp³-hybridized carbons (Fsp3) is 0.158. The molecule has 0 spiro atoms. The fourth-order valence-electron chi connectivity index (χ4n) is 2.92. The summed E-state index contributed by atoms with van der Waals surface area (Å²) in [5.41, 5.74) is 0.472. The van der Waals surface area contributed by atoms with Gasteiger partial charge in [-0.15, -0.1) is 0 Å². The van der Waals surface area contributed by atoms with E-state index < -0.39 is 48.1 Å². The molecule has 0 aliphatic rings. The highest BCUT2D eigenvalue weighted by atomic mass is 32.2. The Bertz CT molecular complexity index is 1240. The number of fused-ring (bicyclic) bond motifs is 1. The minimum absolute atomic E-state index is 0.472. The van der Waals surface area contributed by atoms with E-state index in [0.717, 1.165) is 29.0 Å². The lowest BCUT2D eigenvalue weighted by atomic mass is 10.0. The van der Waals surface area contributed by atoms with Crippen molar-refractivity contribution in [2.75, 3.05) is 6.54 Å². The number of hydrogen-bond acceptors (Lipinski definition) is 5. The van der Waals surface area contributed by atoms with Crippen molar-refractivity contribution in [3.8, 4) is 0 Å². The van der Waals surface area contributed by atoms with E-state index in [4.69, 9.17) is 0 Å². The van der Waals surface area contributed by atoms with Gasteiger partial charge in [-0.1, -0.05) is 54.6 Å². The highest BCUT2D eigenvalue weighted by molar-refractivity contribution is 7.93. The second-order valence-corrected chi connectivity index (χ2v) is 9.81. The van der Waals surface area contributed by atoms with Gasteiger partial charge in [0.1, 0.15) is 4.90 Å². The molecule has 0 heterocycles. The van der Waals surface area contributed by atoms with Gasteiger partial charge in [-0.05, 0) is 28.5 Å². The third-order valence-corrected chi connectivity index (χ3v) is 7.38. The SMILES string of the molecule is O=S(=O)(NCC(O)c1cccc2ccccc12)c1ccccc1S(=O)(=O)C(F)F. The van der Waals surface area contributed by atoms with Gasteiger partial charge in [0.15, 0.2) is 0 Å². The topological polar surface area (TPSA) is 101 Å². The number of sulfonamides is 1. The summed E-state index contributed by atoms with van der Waals surface area (Å²) in [7, 11) is -9.61. The second kappa shape index (κ2) is 8.15. The van der Waals surface area contributed by atoms with Crippen molar-refractivity contribution in [2.45, 2.75) is 21.7 Å². The second-order valence-electron chi connectivity index (χ2n) is 6.19. The van der Waals surface area contributed by atoms with Crippen LogP contribution in [0, 0.1) is 0 Å². The first kappa shape index (κ1) is 21.3. The van der Waals surface area contributed by atoms with E-state index in [1.54, 1.807) is 24.3 Å². The Hall–Kier alpha value is -2.40. The number of benzene rings is 3. The summed E-state index contributed by atoms with van der Waals surface area (Å²) in [4.78, 5) is -1.80. The molecule has 2 N–H and O–H groups in total. The molecule has 0 saturated carbocycles. The molecule has 10 heteroatoms. The van der Waals surface area contributed by atoms with Crippen LogP contribution in [0.1, 0.15) is 11.7 Å². The quantitative estimate of drug-likeness (QED) is 0.587. The molecule has 0 fully saturated rings. The maximum atomic E-state index is 12.9. The van der Waals surface area contributed by atoms with Crippen LogP contribution < -0.4 is 4.72 Å². The van der Waals surface area contributed by atoms with Gasteiger partial charge in [0.05, 0.1) is 11.0 Å². The van der Waals surface area contributed by atoms with Gasteiger partial charge in [0.2, 0.25) is 19.9 Å². The first-order chi connectivity index (χ1) is 13.6. The van der Waals surface area contributed by atoms with E-state index in [1.807, 2.05) is 18.2 Å². The highest BCUT2D eigenvalue weighted by Gasteiger charge is 2.33. The molecule has 3 aromatic rings. The highest BCUT2D eigenvalue weighted by Crippen LogP contribution is 2.27. The third-order valence-electron chi connectivity index (χ3n) is 4.33. The lowest BCUT2D eigenvalue weighted by molar-refractivity contribution is 0.183. The molecular weight excluding hydrogens is 424 g/mol. The van der Waals surface area contributed by atoms with Gasteiger partial charge in [-0.2, -0.15) is 8.78 Å².